The Morgan fingerprint density at radius 2 is 2.20 bits per heavy atom. The summed E-state index contributed by atoms with van der Waals surface area (Å²) < 4.78 is 7.21. The van der Waals surface area contributed by atoms with Crippen molar-refractivity contribution in [1.82, 2.24) is 25.1 Å². The summed E-state index contributed by atoms with van der Waals surface area (Å²) in [5, 5.41) is 11.8. The monoisotopic (exact) mass is 400 g/mol. The van der Waals surface area contributed by atoms with Crippen LogP contribution in [0.3, 0.4) is 0 Å². The second-order valence-corrected chi connectivity index (χ2v) is 13.2. The van der Waals surface area contributed by atoms with Crippen LogP contribution in [0, 0.1) is 0 Å². The third-order valence-corrected chi connectivity index (χ3v) is 6.89. The number of hydrogen-bond donors (Lipinski definition) is 1. The lowest BCUT2D eigenvalue weighted by atomic mass is 10.0. The molecule has 3 rings (SSSR count). The van der Waals surface area contributed by atoms with Crippen molar-refractivity contribution >= 4 is 43.7 Å². The van der Waals surface area contributed by atoms with Crippen molar-refractivity contribution in [3.8, 4) is 0 Å². The van der Waals surface area contributed by atoms with Crippen molar-refractivity contribution in [3.63, 3.8) is 0 Å². The van der Waals surface area contributed by atoms with Gasteiger partial charge in [0.25, 0.3) is 0 Å². The highest BCUT2D eigenvalue weighted by Crippen LogP contribution is 2.41. The van der Waals surface area contributed by atoms with Crippen LogP contribution >= 0.6 is 23.5 Å². The fourth-order valence-electron chi connectivity index (χ4n) is 2.50. The Morgan fingerprint density at radius 1 is 1.48 bits per heavy atom. The Labute approximate surface area is 154 Å². The molecule has 1 unspecified atom stereocenters. The summed E-state index contributed by atoms with van der Waals surface area (Å²) in [6, 6.07) is -0.558. The first-order valence-electron chi connectivity index (χ1n) is 7.70. The summed E-state index contributed by atoms with van der Waals surface area (Å²) >= 11 is 2.99. The van der Waals surface area contributed by atoms with E-state index in [1.807, 2.05) is 19.6 Å². The Kier molecular flexibility index (Phi) is 4.97. The Morgan fingerprint density at radius 3 is 2.80 bits per heavy atom. The number of aryl methyl sites for hydroxylation is 1. The number of fused-ring (bicyclic) bond motifs is 1. The highest BCUT2D eigenvalue weighted by Gasteiger charge is 2.52. The fourth-order valence-corrected chi connectivity index (χ4v) is 5.44. The molecule has 2 aliphatic heterocycles. The van der Waals surface area contributed by atoms with E-state index in [0.29, 0.717) is 22.4 Å². The standard InChI is InChI=1S/C13H20N6O3S2Si/c1-18-13(15-16-17-18)24-6-7-5-23-11-8(14)10(20)19(11)9(7)12(21)22-25(2,3)4/h8,11H,5-6,14H2,1-4H3/t8?,11-/m0/s1. The number of aromatic nitrogens is 4. The van der Waals surface area contributed by atoms with Crippen molar-refractivity contribution in [2.75, 3.05) is 11.5 Å². The predicted molar refractivity (Wildman–Crippen MR) is 97.1 cm³/mol. The lowest BCUT2D eigenvalue weighted by molar-refractivity contribution is -0.147. The van der Waals surface area contributed by atoms with Crippen LogP contribution in [0.15, 0.2) is 16.4 Å². The summed E-state index contributed by atoms with van der Waals surface area (Å²) in [4.78, 5) is 26.5. The van der Waals surface area contributed by atoms with Gasteiger partial charge in [0.15, 0.2) is 0 Å². The molecule has 0 aliphatic carbocycles. The molecule has 1 aromatic heterocycles. The molecule has 1 amide bonds. The first-order valence-corrected chi connectivity index (χ1v) is 13.1. The number of nitrogens with zero attached hydrogens (tertiary/aromatic N) is 5. The van der Waals surface area contributed by atoms with E-state index in [2.05, 4.69) is 15.5 Å². The molecule has 2 atom stereocenters. The molecule has 0 aromatic carbocycles. The normalized spacial score (nSPS) is 23.4. The molecule has 3 heterocycles. The van der Waals surface area contributed by atoms with Gasteiger partial charge in [-0.05, 0) is 35.6 Å². The third-order valence-electron chi connectivity index (χ3n) is 3.64. The van der Waals surface area contributed by atoms with Crippen molar-refractivity contribution < 1.29 is 14.0 Å². The maximum Gasteiger partial charge on any atom is 0.341 e. The van der Waals surface area contributed by atoms with E-state index in [-0.39, 0.29) is 11.3 Å². The van der Waals surface area contributed by atoms with E-state index in [9.17, 15) is 9.59 Å². The molecule has 0 saturated carbocycles. The minimum atomic E-state index is -2.09. The van der Waals surface area contributed by atoms with Crippen molar-refractivity contribution in [2.24, 2.45) is 12.8 Å². The highest BCUT2D eigenvalue weighted by atomic mass is 32.2. The van der Waals surface area contributed by atoms with Crippen molar-refractivity contribution in [3.05, 3.63) is 11.3 Å². The maximum absolute atomic E-state index is 12.8. The SMILES string of the molecule is Cn1nnnc1SCC1=C(C(=O)O[Si](C)(C)C)N2C(=O)C(N)[C@@H]2SC1. The van der Waals surface area contributed by atoms with Crippen LogP contribution in [-0.4, -0.2) is 68.2 Å². The molecule has 1 aromatic rings. The van der Waals surface area contributed by atoms with Gasteiger partial charge in [0.2, 0.25) is 19.4 Å². The highest BCUT2D eigenvalue weighted by molar-refractivity contribution is 8.01. The molecule has 2 aliphatic rings. The Balaban J connectivity index is 1.87. The maximum atomic E-state index is 12.8. The second-order valence-electron chi connectivity index (χ2n) is 6.76. The van der Waals surface area contributed by atoms with Crippen LogP contribution in [0.2, 0.25) is 19.6 Å². The zero-order valence-corrected chi connectivity index (χ0v) is 17.1. The smallest absolute Gasteiger partial charge is 0.341 e. The molecular formula is C13H20N6O3S2Si. The van der Waals surface area contributed by atoms with Crippen LogP contribution in [0.1, 0.15) is 0 Å². The molecule has 12 heteroatoms. The summed E-state index contributed by atoms with van der Waals surface area (Å²) in [6.07, 6.45) is 0. The molecule has 1 saturated heterocycles. The zero-order chi connectivity index (χ0) is 18.4. The zero-order valence-electron chi connectivity index (χ0n) is 14.4. The lowest BCUT2D eigenvalue weighted by Gasteiger charge is -2.48. The molecule has 0 spiro atoms. The number of β-lactam (4-membered cyclic amide) rings is 1. The first-order chi connectivity index (χ1) is 11.7. The molecule has 1 fully saturated rings. The van der Waals surface area contributed by atoms with Gasteiger partial charge < -0.3 is 10.2 Å². The van der Waals surface area contributed by atoms with Crippen LogP contribution in [-0.2, 0) is 21.1 Å². The van der Waals surface area contributed by atoms with Crippen LogP contribution in [0.25, 0.3) is 0 Å². The number of amides is 1. The molecule has 2 N–H and O–H groups in total. The first kappa shape index (κ1) is 18.4. The number of tetrazole rings is 1. The predicted octanol–water partition coefficient (Wildman–Crippen LogP) is 0.177. The average molecular weight is 401 g/mol. The molecular weight excluding hydrogens is 380 g/mol. The number of carbonyl (C=O) groups excluding carboxylic acids is 2. The summed E-state index contributed by atoms with van der Waals surface area (Å²) in [7, 11) is -0.338. The van der Waals surface area contributed by atoms with Crippen LogP contribution in [0.4, 0.5) is 0 Å². The average Bonchev–Trinajstić information content (AvgIpc) is 2.94. The molecule has 25 heavy (non-hydrogen) atoms. The van der Waals surface area contributed by atoms with Gasteiger partial charge in [-0.15, -0.1) is 16.9 Å². The number of thioether (sulfide) groups is 2. The lowest BCUT2D eigenvalue weighted by Crippen LogP contribution is -2.68. The van der Waals surface area contributed by atoms with Gasteiger partial charge in [-0.25, -0.2) is 9.48 Å². The molecule has 9 nitrogen and oxygen atoms in total. The minimum absolute atomic E-state index is 0.193. The van der Waals surface area contributed by atoms with E-state index in [4.69, 9.17) is 10.2 Å². The quantitative estimate of drug-likeness (QED) is 0.419. The molecule has 136 valence electrons. The molecule has 0 radical (unpaired) electrons. The fraction of sp³-hybridized carbons (Fsp3) is 0.615. The van der Waals surface area contributed by atoms with E-state index < -0.39 is 20.3 Å². The largest absolute Gasteiger partial charge is 0.515 e. The number of carbonyl (C=O) groups is 2. The number of nitrogens with two attached hydrogens (primary N) is 1. The summed E-state index contributed by atoms with van der Waals surface area (Å²) in [5.41, 5.74) is 7.06. The van der Waals surface area contributed by atoms with Gasteiger partial charge >= 0.3 is 5.97 Å². The van der Waals surface area contributed by atoms with Crippen LogP contribution < -0.4 is 5.73 Å². The molecule has 0 bridgehead atoms. The van der Waals surface area contributed by atoms with Gasteiger partial charge in [-0.2, -0.15) is 0 Å². The second kappa shape index (κ2) is 6.74. The minimum Gasteiger partial charge on any atom is -0.515 e. The Bertz CT molecular complexity index is 746. The van der Waals surface area contributed by atoms with Gasteiger partial charge in [-0.3, -0.25) is 9.69 Å². The van der Waals surface area contributed by atoms with Gasteiger partial charge in [0.05, 0.1) is 0 Å². The van der Waals surface area contributed by atoms with Crippen molar-refractivity contribution in [2.45, 2.75) is 36.2 Å². The summed E-state index contributed by atoms with van der Waals surface area (Å²) in [6.45, 7) is 5.80. The van der Waals surface area contributed by atoms with E-state index in [1.165, 1.54) is 16.7 Å². The van der Waals surface area contributed by atoms with Gasteiger partial charge in [0, 0.05) is 18.6 Å². The number of hydrogen-bond acceptors (Lipinski definition) is 9. The van der Waals surface area contributed by atoms with Gasteiger partial charge in [0.1, 0.15) is 17.1 Å². The topological polar surface area (TPSA) is 116 Å². The van der Waals surface area contributed by atoms with E-state index in [1.54, 1.807) is 23.5 Å². The van der Waals surface area contributed by atoms with Crippen molar-refractivity contribution in [1.29, 1.82) is 0 Å². The van der Waals surface area contributed by atoms with Gasteiger partial charge in [-0.1, -0.05) is 11.8 Å². The Hall–Kier alpha value is -1.37. The van der Waals surface area contributed by atoms with E-state index >= 15 is 0 Å². The summed E-state index contributed by atoms with van der Waals surface area (Å²) in [5.74, 6) is 0.457. The number of rotatable bonds is 5. The van der Waals surface area contributed by atoms with Crippen LogP contribution in [0.5, 0.6) is 0 Å². The third kappa shape index (κ3) is 3.61. The van der Waals surface area contributed by atoms with E-state index in [0.717, 1.165) is 5.57 Å².